The van der Waals surface area contributed by atoms with E-state index in [0.717, 1.165) is 51.4 Å². The molecule has 9 heteroatoms. The molecular weight excluding hydrogens is 971 g/mol. The summed E-state index contributed by atoms with van der Waals surface area (Å²) in [5.74, 6) is -2.26. The van der Waals surface area contributed by atoms with Crippen molar-refractivity contribution >= 4 is 17.9 Å². The summed E-state index contributed by atoms with van der Waals surface area (Å²) >= 11 is 0. The van der Waals surface area contributed by atoms with Gasteiger partial charge in [0.1, 0.15) is 13.2 Å². The van der Waals surface area contributed by atoms with E-state index in [-0.39, 0.29) is 32.2 Å². The number of allylic oxidation sites excluding steroid dienone is 6. The zero-order valence-corrected chi connectivity index (χ0v) is 52.3. The summed E-state index contributed by atoms with van der Waals surface area (Å²) in [5, 5.41) is 11.8. The van der Waals surface area contributed by atoms with Gasteiger partial charge in [-0.05, 0) is 51.4 Å². The van der Waals surface area contributed by atoms with Gasteiger partial charge in [0, 0.05) is 12.8 Å². The van der Waals surface area contributed by atoms with Crippen molar-refractivity contribution in [1.82, 2.24) is 0 Å². The Morgan fingerprint density at radius 2 is 0.692 bits per heavy atom. The lowest BCUT2D eigenvalue weighted by Crippen LogP contribution is -2.44. The van der Waals surface area contributed by atoms with E-state index in [1.165, 1.54) is 250 Å². The fourth-order valence-corrected chi connectivity index (χ4v) is 9.96. The van der Waals surface area contributed by atoms with E-state index in [1.807, 2.05) is 21.1 Å². The monoisotopic (exact) mass is 1100 g/mol. The molecule has 0 heterocycles. The van der Waals surface area contributed by atoms with E-state index in [0.29, 0.717) is 17.4 Å². The Labute approximate surface area is 483 Å². The third-order valence-electron chi connectivity index (χ3n) is 15.1. The van der Waals surface area contributed by atoms with Gasteiger partial charge in [0.05, 0.1) is 40.3 Å². The number of esters is 2. The number of carboxylic acids is 1. The Bertz CT molecular complexity index is 1370. The van der Waals surface area contributed by atoms with E-state index >= 15 is 0 Å². The largest absolute Gasteiger partial charge is 0.545 e. The maximum Gasteiger partial charge on any atom is 0.306 e. The lowest BCUT2D eigenvalue weighted by molar-refractivity contribution is -0.870. The van der Waals surface area contributed by atoms with Gasteiger partial charge in [0.25, 0.3) is 0 Å². The van der Waals surface area contributed by atoms with Gasteiger partial charge in [0.15, 0.2) is 12.4 Å². The first-order valence-electron chi connectivity index (χ1n) is 33.6. The second-order valence-electron chi connectivity index (χ2n) is 24.1. The molecular formula is C69H129NO8. The number of unbranched alkanes of at least 4 members (excludes halogenated alkanes) is 42. The summed E-state index contributed by atoms with van der Waals surface area (Å²) < 4.78 is 22.8. The van der Waals surface area contributed by atoms with Crippen molar-refractivity contribution in [3.63, 3.8) is 0 Å². The van der Waals surface area contributed by atoms with Crippen LogP contribution in [0, 0.1) is 0 Å². The maximum absolute atomic E-state index is 12.9. The molecule has 0 amide bonds. The van der Waals surface area contributed by atoms with E-state index in [4.69, 9.17) is 18.9 Å². The predicted molar refractivity (Wildman–Crippen MR) is 329 cm³/mol. The van der Waals surface area contributed by atoms with Crippen molar-refractivity contribution in [3.8, 4) is 0 Å². The highest BCUT2D eigenvalue weighted by Gasteiger charge is 2.22. The fourth-order valence-electron chi connectivity index (χ4n) is 9.96. The summed E-state index contributed by atoms with van der Waals surface area (Å²) in [6.45, 7) is 4.79. The minimum absolute atomic E-state index is 0.151. The van der Waals surface area contributed by atoms with Crippen LogP contribution in [-0.4, -0.2) is 82.3 Å². The van der Waals surface area contributed by atoms with Gasteiger partial charge >= 0.3 is 11.9 Å². The van der Waals surface area contributed by atoms with E-state index in [1.54, 1.807) is 0 Å². The lowest BCUT2D eigenvalue weighted by Gasteiger charge is -2.26. The number of likely N-dealkylation sites (N-methyl/N-ethyl adjacent to an activating group) is 1. The number of carboxylic acid groups (broad SMARTS) is 1. The molecule has 0 saturated carbocycles. The number of aliphatic carboxylic acids is 1. The molecule has 0 aromatic heterocycles. The van der Waals surface area contributed by atoms with Gasteiger partial charge in [-0.1, -0.05) is 301 Å². The van der Waals surface area contributed by atoms with Crippen LogP contribution >= 0.6 is 0 Å². The molecule has 0 aromatic rings. The first kappa shape index (κ1) is 75.5. The van der Waals surface area contributed by atoms with Gasteiger partial charge in [0.2, 0.25) is 0 Å². The van der Waals surface area contributed by atoms with Crippen molar-refractivity contribution in [2.24, 2.45) is 0 Å². The van der Waals surface area contributed by atoms with E-state index < -0.39 is 24.3 Å². The predicted octanol–water partition coefficient (Wildman–Crippen LogP) is 19.1. The highest BCUT2D eigenvalue weighted by molar-refractivity contribution is 5.70. The Balaban J connectivity index is 3.99. The number of carbonyl (C=O) groups is 3. The van der Waals surface area contributed by atoms with Crippen LogP contribution in [0.15, 0.2) is 36.5 Å². The molecule has 0 aliphatic carbocycles. The first-order valence-corrected chi connectivity index (χ1v) is 33.6. The molecule has 2 unspecified atom stereocenters. The van der Waals surface area contributed by atoms with Gasteiger partial charge in [-0.2, -0.15) is 0 Å². The molecule has 9 nitrogen and oxygen atoms in total. The number of ether oxygens (including phenoxy) is 4. The second kappa shape index (κ2) is 60.6. The minimum atomic E-state index is -1.62. The van der Waals surface area contributed by atoms with Crippen molar-refractivity contribution < 1.29 is 42.9 Å². The molecule has 0 aliphatic heterocycles. The quantitative estimate of drug-likeness (QED) is 0.0195. The molecule has 0 rings (SSSR count). The SMILES string of the molecule is CCCCCCC/C=C\C/C=C\C/C=C\CCCCCCCCCCCCCCCCCCCCCCCCC(=O)OC(COC(=O)CCCCCCCCCCCCCCCCCC)COC(OCC[N+](C)(C)C)C(=O)[O-]. The zero-order valence-electron chi connectivity index (χ0n) is 52.3. The molecule has 458 valence electrons. The van der Waals surface area contributed by atoms with Crippen LogP contribution in [0.3, 0.4) is 0 Å². The molecule has 0 spiro atoms. The van der Waals surface area contributed by atoms with Crippen LogP contribution in [0.2, 0.25) is 0 Å². The highest BCUT2D eigenvalue weighted by atomic mass is 16.7. The summed E-state index contributed by atoms with van der Waals surface area (Å²) in [4.78, 5) is 37.4. The van der Waals surface area contributed by atoms with Crippen LogP contribution in [-0.2, 0) is 33.3 Å². The average molecular weight is 1100 g/mol. The van der Waals surface area contributed by atoms with Gasteiger partial charge in [-0.25, -0.2) is 0 Å². The normalized spacial score (nSPS) is 12.9. The van der Waals surface area contributed by atoms with Gasteiger partial charge in [-0.3, -0.25) is 9.59 Å². The van der Waals surface area contributed by atoms with Gasteiger partial charge < -0.3 is 33.3 Å². The molecule has 78 heavy (non-hydrogen) atoms. The molecule has 0 aliphatic rings. The van der Waals surface area contributed by atoms with Crippen LogP contribution in [0.25, 0.3) is 0 Å². The summed E-state index contributed by atoms with van der Waals surface area (Å²) in [5.41, 5.74) is 0. The molecule has 0 radical (unpaired) electrons. The van der Waals surface area contributed by atoms with Crippen molar-refractivity contribution in [1.29, 1.82) is 0 Å². The summed E-state index contributed by atoms with van der Waals surface area (Å²) in [6.07, 6.45) is 72.3. The van der Waals surface area contributed by atoms with Crippen molar-refractivity contribution in [2.75, 3.05) is 47.5 Å². The zero-order chi connectivity index (χ0) is 56.9. The smallest absolute Gasteiger partial charge is 0.306 e. The highest BCUT2D eigenvalue weighted by Crippen LogP contribution is 2.18. The van der Waals surface area contributed by atoms with Crippen LogP contribution < -0.4 is 5.11 Å². The maximum atomic E-state index is 12.9. The Morgan fingerprint density at radius 1 is 0.385 bits per heavy atom. The second-order valence-corrected chi connectivity index (χ2v) is 24.1. The Morgan fingerprint density at radius 3 is 1.03 bits per heavy atom. The first-order chi connectivity index (χ1) is 38.1. The standard InChI is InChI=1S/C69H129NO8/c1-6-8-10-12-14-16-18-20-22-24-25-26-27-28-29-30-31-32-33-34-35-36-37-38-39-40-41-42-43-44-46-48-50-52-54-56-58-60-67(72)78-65(64-77-69(68(73)74)75-62-61-70(3,4)5)63-76-66(71)59-57-55-53-51-49-47-45-23-21-19-17-15-13-11-9-7-2/h18,20,24-25,27-28,65,69H,6-17,19,21-23,26,29-64H2,1-5H3/b20-18-,25-24-,28-27-. The number of quaternary nitrogens is 1. The molecule has 0 bridgehead atoms. The summed E-state index contributed by atoms with van der Waals surface area (Å²) in [6, 6.07) is 0. The number of nitrogens with zero attached hydrogens (tertiary/aromatic N) is 1. The average Bonchev–Trinajstić information content (AvgIpc) is 3.41. The van der Waals surface area contributed by atoms with E-state index in [9.17, 15) is 19.5 Å². The molecule has 0 N–H and O–H groups in total. The van der Waals surface area contributed by atoms with Crippen LogP contribution in [0.4, 0.5) is 0 Å². The van der Waals surface area contributed by atoms with E-state index in [2.05, 4.69) is 50.3 Å². The van der Waals surface area contributed by atoms with Crippen molar-refractivity contribution in [3.05, 3.63) is 36.5 Å². The number of carbonyl (C=O) groups excluding carboxylic acids is 3. The molecule has 2 atom stereocenters. The van der Waals surface area contributed by atoms with Crippen LogP contribution in [0.5, 0.6) is 0 Å². The Kier molecular flexibility index (Phi) is 58.7. The molecule has 0 fully saturated rings. The number of rotatable bonds is 63. The van der Waals surface area contributed by atoms with Gasteiger partial charge in [-0.15, -0.1) is 0 Å². The number of hydrogen-bond acceptors (Lipinski definition) is 8. The third-order valence-corrected chi connectivity index (χ3v) is 15.1. The third kappa shape index (κ3) is 61.1. The topological polar surface area (TPSA) is 111 Å². The minimum Gasteiger partial charge on any atom is -0.545 e. The van der Waals surface area contributed by atoms with Crippen molar-refractivity contribution in [2.45, 2.75) is 341 Å². The fraction of sp³-hybridized carbons (Fsp3) is 0.870. The molecule has 0 saturated heterocycles. The Hall–Kier alpha value is -2.49. The molecule has 0 aromatic carbocycles. The lowest BCUT2D eigenvalue weighted by atomic mass is 10.0. The van der Waals surface area contributed by atoms with Crippen LogP contribution in [0.1, 0.15) is 328 Å². The summed E-state index contributed by atoms with van der Waals surface area (Å²) in [7, 11) is 5.94. The number of hydrogen-bond donors (Lipinski definition) is 0.